The van der Waals surface area contributed by atoms with E-state index in [0.29, 0.717) is 0 Å². The lowest BCUT2D eigenvalue weighted by atomic mass is 9.83. The first-order valence-corrected chi connectivity index (χ1v) is 4.83. The quantitative estimate of drug-likeness (QED) is 0.690. The van der Waals surface area contributed by atoms with Crippen molar-refractivity contribution < 1.29 is 0 Å². The highest BCUT2D eigenvalue weighted by atomic mass is 14.9. The zero-order chi connectivity index (χ0) is 10.9. The van der Waals surface area contributed by atoms with Gasteiger partial charge in [0.25, 0.3) is 0 Å². The summed E-state index contributed by atoms with van der Waals surface area (Å²) in [6.07, 6.45) is 10.8. The fourth-order valence-electron chi connectivity index (χ4n) is 1.74. The third kappa shape index (κ3) is 1.58. The van der Waals surface area contributed by atoms with Gasteiger partial charge in [-0.3, -0.25) is 9.97 Å². The first-order chi connectivity index (χ1) is 7.14. The molecule has 0 fully saturated rings. The van der Waals surface area contributed by atoms with Crippen LogP contribution < -0.4 is 11.5 Å². The van der Waals surface area contributed by atoms with Gasteiger partial charge in [0, 0.05) is 12.4 Å². The van der Waals surface area contributed by atoms with Crippen molar-refractivity contribution in [2.75, 3.05) is 0 Å². The van der Waals surface area contributed by atoms with Gasteiger partial charge in [0.2, 0.25) is 0 Å². The maximum absolute atomic E-state index is 6.26. The van der Waals surface area contributed by atoms with Crippen molar-refractivity contribution in [3.63, 3.8) is 0 Å². The fraction of sp³-hybridized carbons (Fsp3) is 0.273. The Hall–Kier alpha value is -1.52. The van der Waals surface area contributed by atoms with Crippen LogP contribution in [0.3, 0.4) is 0 Å². The van der Waals surface area contributed by atoms with Crippen molar-refractivity contribution in [2.24, 2.45) is 11.5 Å². The summed E-state index contributed by atoms with van der Waals surface area (Å²) in [5, 5.41) is 0. The number of hydrogen-bond donors (Lipinski definition) is 2. The third-order valence-electron chi connectivity index (χ3n) is 2.64. The minimum atomic E-state index is -0.743. The average Bonchev–Trinajstić information content (AvgIpc) is 2.23. The molecule has 0 aliphatic heterocycles. The third-order valence-corrected chi connectivity index (χ3v) is 2.64. The summed E-state index contributed by atoms with van der Waals surface area (Å²) < 4.78 is 0. The normalized spacial score (nSPS) is 29.4. The topological polar surface area (TPSA) is 77.8 Å². The Labute approximate surface area is 88.7 Å². The van der Waals surface area contributed by atoms with E-state index in [1.807, 2.05) is 31.2 Å². The van der Waals surface area contributed by atoms with E-state index < -0.39 is 5.54 Å². The predicted molar refractivity (Wildman–Crippen MR) is 58.9 cm³/mol. The molecule has 2 unspecified atom stereocenters. The molecule has 4 heteroatoms. The maximum Gasteiger partial charge on any atom is 0.0979 e. The fourth-order valence-corrected chi connectivity index (χ4v) is 1.74. The van der Waals surface area contributed by atoms with Gasteiger partial charge in [-0.1, -0.05) is 24.3 Å². The molecule has 1 aromatic rings. The van der Waals surface area contributed by atoms with Crippen LogP contribution in [0.1, 0.15) is 11.4 Å². The van der Waals surface area contributed by atoms with Crippen molar-refractivity contribution in [1.82, 2.24) is 9.97 Å². The van der Waals surface area contributed by atoms with Gasteiger partial charge in [0.05, 0.1) is 23.0 Å². The molecular formula is C11H14N4. The molecule has 1 aliphatic carbocycles. The molecule has 2 atom stereocenters. The summed E-state index contributed by atoms with van der Waals surface area (Å²) in [5.74, 6) is 0. The number of nitrogens with zero attached hydrogens (tertiary/aromatic N) is 2. The zero-order valence-electron chi connectivity index (χ0n) is 8.59. The molecule has 1 aromatic heterocycles. The molecule has 1 heterocycles. The molecular weight excluding hydrogens is 188 g/mol. The Morgan fingerprint density at radius 2 is 2.00 bits per heavy atom. The Bertz CT molecular complexity index is 424. The van der Waals surface area contributed by atoms with Gasteiger partial charge < -0.3 is 11.5 Å². The van der Waals surface area contributed by atoms with Gasteiger partial charge in [-0.05, 0) is 6.92 Å². The molecule has 1 aliphatic rings. The van der Waals surface area contributed by atoms with Crippen molar-refractivity contribution in [3.05, 3.63) is 48.1 Å². The Morgan fingerprint density at radius 1 is 1.27 bits per heavy atom. The summed E-state index contributed by atoms with van der Waals surface area (Å²) >= 11 is 0. The average molecular weight is 202 g/mol. The molecule has 4 nitrogen and oxygen atoms in total. The molecule has 0 saturated heterocycles. The van der Waals surface area contributed by atoms with E-state index >= 15 is 0 Å². The van der Waals surface area contributed by atoms with Crippen LogP contribution in [0.25, 0.3) is 0 Å². The second-order valence-electron chi connectivity index (χ2n) is 3.69. The smallest absolute Gasteiger partial charge is 0.0979 e. The highest BCUT2D eigenvalue weighted by Gasteiger charge is 2.34. The molecule has 0 radical (unpaired) electrons. The van der Waals surface area contributed by atoms with Crippen molar-refractivity contribution >= 4 is 0 Å². The first-order valence-electron chi connectivity index (χ1n) is 4.83. The van der Waals surface area contributed by atoms with E-state index in [1.165, 1.54) is 0 Å². The van der Waals surface area contributed by atoms with Gasteiger partial charge >= 0.3 is 0 Å². The van der Waals surface area contributed by atoms with E-state index in [2.05, 4.69) is 9.97 Å². The van der Waals surface area contributed by atoms with Gasteiger partial charge in [-0.25, -0.2) is 0 Å². The molecule has 4 N–H and O–H groups in total. The van der Waals surface area contributed by atoms with Crippen LogP contribution >= 0.6 is 0 Å². The van der Waals surface area contributed by atoms with Crippen LogP contribution in [0.4, 0.5) is 0 Å². The minimum absolute atomic E-state index is 0.266. The van der Waals surface area contributed by atoms with Gasteiger partial charge in [-0.15, -0.1) is 0 Å². The summed E-state index contributed by atoms with van der Waals surface area (Å²) in [7, 11) is 0. The summed E-state index contributed by atoms with van der Waals surface area (Å²) in [6.45, 7) is 1.88. The van der Waals surface area contributed by atoms with Crippen LogP contribution in [0.5, 0.6) is 0 Å². The molecule has 0 aromatic carbocycles. The van der Waals surface area contributed by atoms with E-state index in [1.54, 1.807) is 12.4 Å². The van der Waals surface area contributed by atoms with E-state index in [4.69, 9.17) is 11.5 Å². The molecule has 78 valence electrons. The van der Waals surface area contributed by atoms with E-state index in [0.717, 1.165) is 11.4 Å². The number of hydrogen-bond acceptors (Lipinski definition) is 4. The molecule has 0 amide bonds. The minimum Gasteiger partial charge on any atom is -0.322 e. The van der Waals surface area contributed by atoms with Gasteiger partial charge in [0.15, 0.2) is 0 Å². The Morgan fingerprint density at radius 3 is 2.67 bits per heavy atom. The molecule has 15 heavy (non-hydrogen) atoms. The van der Waals surface area contributed by atoms with Crippen LogP contribution in [0.2, 0.25) is 0 Å². The van der Waals surface area contributed by atoms with E-state index in [9.17, 15) is 0 Å². The maximum atomic E-state index is 6.26. The Balaban J connectivity index is 2.50. The summed E-state index contributed by atoms with van der Waals surface area (Å²) in [5.41, 5.74) is 13.0. The number of aryl methyl sites for hydroxylation is 1. The highest BCUT2D eigenvalue weighted by Crippen LogP contribution is 2.25. The van der Waals surface area contributed by atoms with Crippen molar-refractivity contribution in [1.29, 1.82) is 0 Å². The molecule has 0 bridgehead atoms. The number of aromatic nitrogens is 2. The first kappa shape index (κ1) is 10.0. The zero-order valence-corrected chi connectivity index (χ0v) is 8.59. The molecule has 0 spiro atoms. The monoisotopic (exact) mass is 202 g/mol. The highest BCUT2D eigenvalue weighted by molar-refractivity contribution is 5.35. The lowest BCUT2D eigenvalue weighted by Crippen LogP contribution is -2.52. The van der Waals surface area contributed by atoms with Gasteiger partial charge in [-0.2, -0.15) is 0 Å². The number of nitrogens with two attached hydrogens (primary N) is 2. The largest absolute Gasteiger partial charge is 0.322 e. The lowest BCUT2D eigenvalue weighted by Gasteiger charge is -2.32. The molecule has 2 rings (SSSR count). The van der Waals surface area contributed by atoms with Crippen molar-refractivity contribution in [2.45, 2.75) is 18.5 Å². The van der Waals surface area contributed by atoms with Crippen LogP contribution in [-0.4, -0.2) is 16.0 Å². The van der Waals surface area contributed by atoms with Crippen LogP contribution in [0, 0.1) is 6.92 Å². The summed E-state index contributed by atoms with van der Waals surface area (Å²) in [6, 6.07) is -0.266. The predicted octanol–water partition coefficient (Wildman–Crippen LogP) is 0.392. The Kier molecular flexibility index (Phi) is 2.38. The van der Waals surface area contributed by atoms with Gasteiger partial charge in [0.1, 0.15) is 0 Å². The number of allylic oxidation sites excluding steroid dienone is 2. The lowest BCUT2D eigenvalue weighted by molar-refractivity contribution is 0.473. The second-order valence-corrected chi connectivity index (χ2v) is 3.69. The van der Waals surface area contributed by atoms with Crippen LogP contribution in [0.15, 0.2) is 36.7 Å². The number of rotatable bonds is 1. The SMILES string of the molecule is Cc1nccnc1C1(N)C=CC=CC1N. The molecule has 0 saturated carbocycles. The van der Waals surface area contributed by atoms with Crippen LogP contribution in [-0.2, 0) is 5.54 Å². The van der Waals surface area contributed by atoms with E-state index in [-0.39, 0.29) is 6.04 Å². The standard InChI is InChI=1S/C11H14N4/c1-8-10(15-7-6-14-8)11(13)5-3-2-4-9(11)12/h2-7,9H,12-13H2,1H3. The summed E-state index contributed by atoms with van der Waals surface area (Å²) in [4.78, 5) is 8.45. The van der Waals surface area contributed by atoms with Crippen molar-refractivity contribution in [3.8, 4) is 0 Å². The second kappa shape index (κ2) is 3.56.